The summed E-state index contributed by atoms with van der Waals surface area (Å²) in [6.45, 7) is 2.08. The molecule has 17 heavy (non-hydrogen) atoms. The molecule has 0 aliphatic heterocycles. The molecule has 2 N–H and O–H groups in total. The van der Waals surface area contributed by atoms with Gasteiger partial charge in [0.2, 0.25) is 0 Å². The van der Waals surface area contributed by atoms with E-state index in [4.69, 9.17) is 5.73 Å². The van der Waals surface area contributed by atoms with Crippen LogP contribution in [0.2, 0.25) is 0 Å². The first kappa shape index (κ1) is 10.6. The molecule has 0 radical (unpaired) electrons. The number of hydrogen-bond donors (Lipinski definition) is 1. The quantitative estimate of drug-likeness (QED) is 0.819. The third kappa shape index (κ3) is 1.68. The SMILES string of the molecule is Cc1cn(C2CCCCC2)c2ncnc(N)c12. The zero-order chi connectivity index (χ0) is 11.8. The fraction of sp³-hybridized carbons (Fsp3) is 0.538. The average molecular weight is 230 g/mol. The first-order valence-electron chi connectivity index (χ1n) is 6.35. The van der Waals surface area contributed by atoms with Crippen molar-refractivity contribution in [2.75, 3.05) is 5.73 Å². The minimum atomic E-state index is 0.592. The highest BCUT2D eigenvalue weighted by Gasteiger charge is 2.19. The summed E-state index contributed by atoms with van der Waals surface area (Å²) in [5.74, 6) is 0.599. The Kier molecular flexibility index (Phi) is 2.50. The predicted molar refractivity (Wildman–Crippen MR) is 68.8 cm³/mol. The number of nitrogen functional groups attached to an aromatic ring is 1. The van der Waals surface area contributed by atoms with Crippen LogP contribution in [0.15, 0.2) is 12.5 Å². The number of nitrogens with two attached hydrogens (primary N) is 1. The van der Waals surface area contributed by atoms with Crippen LogP contribution in [0.5, 0.6) is 0 Å². The van der Waals surface area contributed by atoms with E-state index in [2.05, 4.69) is 27.7 Å². The maximum Gasteiger partial charge on any atom is 0.145 e. The molecule has 0 aromatic carbocycles. The topological polar surface area (TPSA) is 56.7 Å². The average Bonchev–Trinajstić information content (AvgIpc) is 2.69. The molecule has 0 unspecified atom stereocenters. The van der Waals surface area contributed by atoms with E-state index in [0.29, 0.717) is 11.9 Å². The van der Waals surface area contributed by atoms with E-state index < -0.39 is 0 Å². The van der Waals surface area contributed by atoms with Crippen LogP contribution >= 0.6 is 0 Å². The van der Waals surface area contributed by atoms with Crippen molar-refractivity contribution in [2.24, 2.45) is 0 Å². The number of anilines is 1. The van der Waals surface area contributed by atoms with Gasteiger partial charge in [-0.3, -0.25) is 0 Å². The third-order valence-electron chi connectivity index (χ3n) is 3.80. The van der Waals surface area contributed by atoms with Crippen molar-refractivity contribution in [2.45, 2.75) is 45.1 Å². The van der Waals surface area contributed by atoms with Crippen LogP contribution in [0.4, 0.5) is 5.82 Å². The molecule has 3 rings (SSSR count). The molecule has 1 fully saturated rings. The number of aromatic nitrogens is 3. The van der Waals surface area contributed by atoms with Crippen LogP contribution in [0.25, 0.3) is 11.0 Å². The van der Waals surface area contributed by atoms with Gasteiger partial charge >= 0.3 is 0 Å². The fourth-order valence-corrected chi connectivity index (χ4v) is 2.94. The molecule has 4 heteroatoms. The van der Waals surface area contributed by atoms with Crippen LogP contribution in [0.3, 0.4) is 0 Å². The molecule has 2 aromatic rings. The molecule has 0 atom stereocenters. The number of aryl methyl sites for hydroxylation is 1. The number of fused-ring (bicyclic) bond motifs is 1. The third-order valence-corrected chi connectivity index (χ3v) is 3.80. The zero-order valence-corrected chi connectivity index (χ0v) is 10.2. The van der Waals surface area contributed by atoms with Gasteiger partial charge in [0.05, 0.1) is 5.39 Å². The van der Waals surface area contributed by atoms with E-state index in [1.807, 2.05) is 0 Å². The molecule has 0 bridgehead atoms. The largest absolute Gasteiger partial charge is 0.383 e. The van der Waals surface area contributed by atoms with Gasteiger partial charge in [-0.05, 0) is 25.3 Å². The van der Waals surface area contributed by atoms with Gasteiger partial charge in [-0.1, -0.05) is 19.3 Å². The molecule has 1 aliphatic rings. The Balaban J connectivity index is 2.13. The molecule has 0 spiro atoms. The minimum absolute atomic E-state index is 0.592. The Morgan fingerprint density at radius 1 is 1.24 bits per heavy atom. The van der Waals surface area contributed by atoms with E-state index in [9.17, 15) is 0 Å². The van der Waals surface area contributed by atoms with Crippen molar-refractivity contribution in [3.63, 3.8) is 0 Å². The lowest BCUT2D eigenvalue weighted by atomic mass is 9.95. The number of nitrogens with zero attached hydrogens (tertiary/aromatic N) is 3. The monoisotopic (exact) mass is 230 g/mol. The van der Waals surface area contributed by atoms with Crippen molar-refractivity contribution in [1.82, 2.24) is 14.5 Å². The zero-order valence-electron chi connectivity index (χ0n) is 10.2. The molecular formula is C13H18N4. The van der Waals surface area contributed by atoms with Crippen LogP contribution < -0.4 is 5.73 Å². The fourth-order valence-electron chi connectivity index (χ4n) is 2.94. The second-order valence-electron chi connectivity index (χ2n) is 4.97. The second-order valence-corrected chi connectivity index (χ2v) is 4.97. The van der Waals surface area contributed by atoms with Crippen LogP contribution in [-0.2, 0) is 0 Å². The summed E-state index contributed by atoms with van der Waals surface area (Å²) in [5.41, 5.74) is 8.12. The van der Waals surface area contributed by atoms with Gasteiger partial charge in [0.1, 0.15) is 17.8 Å². The molecule has 0 amide bonds. The molecule has 1 saturated carbocycles. The van der Waals surface area contributed by atoms with E-state index in [0.717, 1.165) is 11.0 Å². The number of hydrogen-bond acceptors (Lipinski definition) is 3. The van der Waals surface area contributed by atoms with Gasteiger partial charge < -0.3 is 10.3 Å². The van der Waals surface area contributed by atoms with Gasteiger partial charge in [0.25, 0.3) is 0 Å². The van der Waals surface area contributed by atoms with Crippen molar-refractivity contribution in [1.29, 1.82) is 0 Å². The highest BCUT2D eigenvalue weighted by atomic mass is 15.1. The summed E-state index contributed by atoms with van der Waals surface area (Å²) in [4.78, 5) is 8.49. The van der Waals surface area contributed by atoms with Crippen LogP contribution in [-0.4, -0.2) is 14.5 Å². The van der Waals surface area contributed by atoms with Crippen molar-refractivity contribution >= 4 is 16.9 Å². The van der Waals surface area contributed by atoms with Gasteiger partial charge in [-0.2, -0.15) is 0 Å². The van der Waals surface area contributed by atoms with Crippen LogP contribution in [0, 0.1) is 6.92 Å². The Morgan fingerprint density at radius 2 is 2.00 bits per heavy atom. The van der Waals surface area contributed by atoms with Crippen LogP contribution in [0.1, 0.15) is 43.7 Å². The Labute approximate surface area is 101 Å². The summed E-state index contributed by atoms with van der Waals surface area (Å²) in [6.07, 6.45) is 10.3. The smallest absolute Gasteiger partial charge is 0.145 e. The first-order chi connectivity index (χ1) is 8.27. The molecular weight excluding hydrogens is 212 g/mol. The highest BCUT2D eigenvalue weighted by Crippen LogP contribution is 2.33. The van der Waals surface area contributed by atoms with Gasteiger partial charge in [0, 0.05) is 12.2 Å². The van der Waals surface area contributed by atoms with E-state index in [1.165, 1.54) is 37.7 Å². The lowest BCUT2D eigenvalue weighted by Crippen LogP contribution is -2.12. The summed E-state index contributed by atoms with van der Waals surface area (Å²) in [6, 6.07) is 0.592. The van der Waals surface area contributed by atoms with Crippen molar-refractivity contribution in [3.05, 3.63) is 18.1 Å². The maximum atomic E-state index is 5.94. The Hall–Kier alpha value is -1.58. The van der Waals surface area contributed by atoms with E-state index in [1.54, 1.807) is 6.33 Å². The lowest BCUT2D eigenvalue weighted by molar-refractivity contribution is 0.359. The minimum Gasteiger partial charge on any atom is -0.383 e. The summed E-state index contributed by atoms with van der Waals surface area (Å²) < 4.78 is 2.31. The molecule has 1 aliphatic carbocycles. The van der Waals surface area contributed by atoms with Crippen molar-refractivity contribution in [3.8, 4) is 0 Å². The molecule has 2 heterocycles. The Morgan fingerprint density at radius 3 is 2.76 bits per heavy atom. The second kappa shape index (κ2) is 4.02. The van der Waals surface area contributed by atoms with E-state index >= 15 is 0 Å². The lowest BCUT2D eigenvalue weighted by Gasteiger charge is -2.23. The summed E-state index contributed by atoms with van der Waals surface area (Å²) in [5, 5.41) is 1.03. The normalized spacial score (nSPS) is 17.7. The maximum absolute atomic E-state index is 5.94. The van der Waals surface area contributed by atoms with Gasteiger partial charge in [0.15, 0.2) is 0 Å². The summed E-state index contributed by atoms with van der Waals surface area (Å²) >= 11 is 0. The standard InChI is InChI=1S/C13H18N4/c1-9-7-17(10-5-3-2-4-6-10)13-11(9)12(14)15-8-16-13/h7-8,10H,2-6H2,1H3,(H2,14,15,16). The molecule has 2 aromatic heterocycles. The van der Waals surface area contributed by atoms with Gasteiger partial charge in [-0.15, -0.1) is 0 Å². The molecule has 4 nitrogen and oxygen atoms in total. The summed E-state index contributed by atoms with van der Waals surface area (Å²) in [7, 11) is 0. The van der Waals surface area contributed by atoms with Gasteiger partial charge in [-0.25, -0.2) is 9.97 Å². The first-order valence-corrected chi connectivity index (χ1v) is 6.35. The number of rotatable bonds is 1. The Bertz CT molecular complexity index is 538. The highest BCUT2D eigenvalue weighted by molar-refractivity contribution is 5.89. The predicted octanol–water partition coefficient (Wildman–Crippen LogP) is 2.83. The molecule has 90 valence electrons. The van der Waals surface area contributed by atoms with E-state index in [-0.39, 0.29) is 0 Å². The molecule has 0 saturated heterocycles. The van der Waals surface area contributed by atoms with Crippen molar-refractivity contribution < 1.29 is 0 Å².